The molecular weight excluding hydrogens is 250 g/mol. The second kappa shape index (κ2) is 7.27. The molecule has 2 heterocycles. The number of rotatable bonds is 5. The normalized spacial score (nSPS) is 18.9. The molecule has 2 rings (SSSR count). The smallest absolute Gasteiger partial charge is 0.225 e. The zero-order valence-corrected chi connectivity index (χ0v) is 12.6. The number of carbonyl (C=O) groups excluding carboxylic acids is 1. The van der Waals surface area contributed by atoms with Gasteiger partial charge in [-0.15, -0.1) is 0 Å². The van der Waals surface area contributed by atoms with E-state index in [2.05, 4.69) is 35.1 Å². The Kier molecular flexibility index (Phi) is 5.39. The van der Waals surface area contributed by atoms with E-state index >= 15 is 0 Å². The first-order chi connectivity index (χ1) is 9.69. The maximum atomic E-state index is 11.6. The van der Waals surface area contributed by atoms with Crippen LogP contribution in [0.2, 0.25) is 0 Å². The third-order valence-electron chi connectivity index (χ3n) is 3.79. The van der Waals surface area contributed by atoms with E-state index in [0.717, 1.165) is 37.5 Å². The Labute approximate surface area is 121 Å². The minimum absolute atomic E-state index is 0.0543. The molecule has 20 heavy (non-hydrogen) atoms. The number of aromatic nitrogens is 1. The van der Waals surface area contributed by atoms with Gasteiger partial charge in [-0.05, 0) is 37.3 Å². The summed E-state index contributed by atoms with van der Waals surface area (Å²) in [5.41, 5.74) is 1.16. The number of piperidine rings is 1. The van der Waals surface area contributed by atoms with Crippen molar-refractivity contribution in [2.45, 2.75) is 46.0 Å². The summed E-state index contributed by atoms with van der Waals surface area (Å²) >= 11 is 0. The van der Waals surface area contributed by atoms with Crippen molar-refractivity contribution in [1.82, 2.24) is 4.98 Å². The molecule has 4 heteroatoms. The molecule has 1 aromatic heterocycles. The van der Waals surface area contributed by atoms with Gasteiger partial charge in [-0.1, -0.05) is 20.3 Å². The molecule has 0 saturated carbocycles. The summed E-state index contributed by atoms with van der Waals surface area (Å²) in [7, 11) is 0. The predicted molar refractivity (Wildman–Crippen MR) is 83.0 cm³/mol. The van der Waals surface area contributed by atoms with E-state index in [-0.39, 0.29) is 5.91 Å². The molecule has 1 N–H and O–H groups in total. The van der Waals surface area contributed by atoms with Crippen molar-refractivity contribution >= 4 is 17.4 Å². The number of hydrogen-bond donors (Lipinski definition) is 1. The van der Waals surface area contributed by atoms with E-state index in [9.17, 15) is 4.79 Å². The molecule has 1 fully saturated rings. The van der Waals surface area contributed by atoms with Crippen LogP contribution in [0, 0.1) is 5.92 Å². The van der Waals surface area contributed by atoms with E-state index in [0.29, 0.717) is 12.2 Å². The molecule has 0 spiro atoms. The Balaban J connectivity index is 1.90. The summed E-state index contributed by atoms with van der Waals surface area (Å²) < 4.78 is 0. The molecule has 1 aliphatic rings. The van der Waals surface area contributed by atoms with Crippen molar-refractivity contribution in [3.8, 4) is 0 Å². The average Bonchev–Trinajstić information content (AvgIpc) is 2.46. The fourth-order valence-electron chi connectivity index (χ4n) is 2.61. The van der Waals surface area contributed by atoms with Crippen molar-refractivity contribution in [1.29, 1.82) is 0 Å². The average molecular weight is 275 g/mol. The fraction of sp³-hybridized carbons (Fsp3) is 0.625. The molecule has 1 atom stereocenters. The van der Waals surface area contributed by atoms with Gasteiger partial charge in [0, 0.05) is 19.5 Å². The Morgan fingerprint density at radius 3 is 3.00 bits per heavy atom. The summed E-state index contributed by atoms with van der Waals surface area (Å²) in [6, 6.07) is 3.96. The van der Waals surface area contributed by atoms with Gasteiger partial charge < -0.3 is 10.2 Å². The van der Waals surface area contributed by atoms with Crippen LogP contribution in [0.25, 0.3) is 0 Å². The summed E-state index contributed by atoms with van der Waals surface area (Å²) in [6.07, 6.45) is 6.96. The first-order valence-electron chi connectivity index (χ1n) is 7.70. The van der Waals surface area contributed by atoms with Crippen molar-refractivity contribution in [2.75, 3.05) is 23.3 Å². The summed E-state index contributed by atoms with van der Waals surface area (Å²) in [5.74, 6) is 1.45. The molecule has 1 amide bonds. The SMILES string of the molecule is CCCCC(=O)Nc1ccc(N2CCCC(C)C2)cn1. The van der Waals surface area contributed by atoms with Crippen LogP contribution in [0.5, 0.6) is 0 Å². The minimum Gasteiger partial charge on any atom is -0.370 e. The minimum atomic E-state index is 0.0543. The lowest BCUT2D eigenvalue weighted by Gasteiger charge is -2.32. The van der Waals surface area contributed by atoms with Crippen molar-refractivity contribution < 1.29 is 4.79 Å². The Bertz CT molecular complexity index is 430. The zero-order valence-electron chi connectivity index (χ0n) is 12.6. The molecular formula is C16H25N3O. The van der Waals surface area contributed by atoms with Gasteiger partial charge >= 0.3 is 0 Å². The van der Waals surface area contributed by atoms with E-state index in [1.807, 2.05) is 12.3 Å². The lowest BCUT2D eigenvalue weighted by Crippen LogP contribution is -2.34. The highest BCUT2D eigenvalue weighted by molar-refractivity contribution is 5.89. The molecule has 1 aromatic rings. The standard InChI is InChI=1S/C16H25N3O/c1-3-4-7-16(20)18-15-9-8-14(11-17-15)19-10-5-6-13(2)12-19/h8-9,11,13H,3-7,10,12H2,1-2H3,(H,17,18,20). The number of nitrogens with one attached hydrogen (secondary N) is 1. The van der Waals surface area contributed by atoms with Gasteiger partial charge in [0.15, 0.2) is 0 Å². The Hall–Kier alpha value is -1.58. The van der Waals surface area contributed by atoms with Crippen LogP contribution in [0.1, 0.15) is 46.0 Å². The van der Waals surface area contributed by atoms with E-state index in [4.69, 9.17) is 0 Å². The van der Waals surface area contributed by atoms with Gasteiger partial charge in [0.25, 0.3) is 0 Å². The number of anilines is 2. The summed E-state index contributed by atoms with van der Waals surface area (Å²) in [5, 5.41) is 2.85. The van der Waals surface area contributed by atoms with Gasteiger partial charge in [0.05, 0.1) is 11.9 Å². The van der Waals surface area contributed by atoms with E-state index in [1.165, 1.54) is 12.8 Å². The highest BCUT2D eigenvalue weighted by Crippen LogP contribution is 2.22. The number of hydrogen-bond acceptors (Lipinski definition) is 3. The quantitative estimate of drug-likeness (QED) is 0.895. The second-order valence-electron chi connectivity index (χ2n) is 5.75. The predicted octanol–water partition coefficient (Wildman–Crippen LogP) is 3.45. The van der Waals surface area contributed by atoms with Crippen LogP contribution in [-0.2, 0) is 4.79 Å². The van der Waals surface area contributed by atoms with Crippen LogP contribution in [0.4, 0.5) is 11.5 Å². The summed E-state index contributed by atoms with van der Waals surface area (Å²) in [4.78, 5) is 18.4. The molecule has 0 bridgehead atoms. The topological polar surface area (TPSA) is 45.2 Å². The van der Waals surface area contributed by atoms with Gasteiger partial charge in [0.1, 0.15) is 5.82 Å². The first kappa shape index (κ1) is 14.8. The third-order valence-corrected chi connectivity index (χ3v) is 3.79. The number of pyridine rings is 1. The van der Waals surface area contributed by atoms with Gasteiger partial charge in [0.2, 0.25) is 5.91 Å². The van der Waals surface area contributed by atoms with Crippen molar-refractivity contribution in [3.63, 3.8) is 0 Å². The fourth-order valence-corrected chi connectivity index (χ4v) is 2.61. The lowest BCUT2D eigenvalue weighted by atomic mass is 10.00. The number of unbranched alkanes of at least 4 members (excludes halogenated alkanes) is 1. The molecule has 1 aliphatic heterocycles. The maximum Gasteiger partial charge on any atom is 0.225 e. The van der Waals surface area contributed by atoms with Gasteiger partial charge in [-0.25, -0.2) is 4.98 Å². The molecule has 4 nitrogen and oxygen atoms in total. The highest BCUT2D eigenvalue weighted by atomic mass is 16.1. The third kappa shape index (κ3) is 4.22. The monoisotopic (exact) mass is 275 g/mol. The largest absolute Gasteiger partial charge is 0.370 e. The van der Waals surface area contributed by atoms with Gasteiger partial charge in [-0.3, -0.25) is 4.79 Å². The number of nitrogens with zero attached hydrogens (tertiary/aromatic N) is 2. The molecule has 1 saturated heterocycles. The highest BCUT2D eigenvalue weighted by Gasteiger charge is 2.16. The van der Waals surface area contributed by atoms with E-state index in [1.54, 1.807) is 0 Å². The number of carbonyl (C=O) groups is 1. The van der Waals surface area contributed by atoms with Gasteiger partial charge in [-0.2, -0.15) is 0 Å². The number of amides is 1. The van der Waals surface area contributed by atoms with E-state index < -0.39 is 0 Å². The second-order valence-corrected chi connectivity index (χ2v) is 5.75. The molecule has 110 valence electrons. The summed E-state index contributed by atoms with van der Waals surface area (Å²) in [6.45, 7) is 6.58. The van der Waals surface area contributed by atoms with Crippen LogP contribution < -0.4 is 10.2 Å². The van der Waals surface area contributed by atoms with Crippen molar-refractivity contribution in [2.24, 2.45) is 5.92 Å². The first-order valence-corrected chi connectivity index (χ1v) is 7.70. The molecule has 0 radical (unpaired) electrons. The molecule has 0 aliphatic carbocycles. The molecule has 0 aromatic carbocycles. The Morgan fingerprint density at radius 1 is 1.50 bits per heavy atom. The maximum absolute atomic E-state index is 11.6. The zero-order chi connectivity index (χ0) is 14.4. The van der Waals surface area contributed by atoms with Crippen LogP contribution in [0.15, 0.2) is 18.3 Å². The Morgan fingerprint density at radius 2 is 2.35 bits per heavy atom. The molecule has 1 unspecified atom stereocenters. The van der Waals surface area contributed by atoms with Crippen LogP contribution in [0.3, 0.4) is 0 Å². The lowest BCUT2D eigenvalue weighted by molar-refractivity contribution is -0.116. The van der Waals surface area contributed by atoms with Crippen LogP contribution >= 0.6 is 0 Å². The van der Waals surface area contributed by atoms with Crippen LogP contribution in [-0.4, -0.2) is 24.0 Å². The van der Waals surface area contributed by atoms with Crippen molar-refractivity contribution in [3.05, 3.63) is 18.3 Å².